The Labute approximate surface area is 106 Å². The van der Waals surface area contributed by atoms with Crippen LogP contribution < -0.4 is 0 Å². The summed E-state index contributed by atoms with van der Waals surface area (Å²) in [7, 11) is 0. The highest BCUT2D eigenvalue weighted by molar-refractivity contribution is 5.14. The molecule has 1 heteroatoms. The summed E-state index contributed by atoms with van der Waals surface area (Å²) in [5.74, 6) is 0. The van der Waals surface area contributed by atoms with Gasteiger partial charge >= 0.3 is 0 Å². The number of hydrogen-bond donors (Lipinski definition) is 0. The normalized spacial score (nSPS) is 10.6. The Kier molecular flexibility index (Phi) is 8.66. The van der Waals surface area contributed by atoms with Gasteiger partial charge in [-0.25, -0.2) is 0 Å². The summed E-state index contributed by atoms with van der Waals surface area (Å²) in [6.07, 6.45) is 8.30. The van der Waals surface area contributed by atoms with Crippen molar-refractivity contribution in [1.29, 1.82) is 0 Å². The molecule has 95 valence electrons. The summed E-state index contributed by atoms with van der Waals surface area (Å²) in [5.41, 5.74) is 1.43. The first kappa shape index (κ1) is 14.2. The Morgan fingerprint density at radius 3 is 2.24 bits per heavy atom. The minimum absolute atomic E-state index is 0.914. The van der Waals surface area contributed by atoms with Crippen LogP contribution in [0.4, 0.5) is 0 Å². The van der Waals surface area contributed by atoms with E-state index < -0.39 is 0 Å². The first-order chi connectivity index (χ1) is 8.43. The highest BCUT2D eigenvalue weighted by atomic mass is 16.5. The lowest BCUT2D eigenvalue weighted by molar-refractivity contribution is 0.126. The van der Waals surface area contributed by atoms with Crippen LogP contribution >= 0.6 is 0 Å². The van der Waals surface area contributed by atoms with Crippen LogP contribution in [0.2, 0.25) is 0 Å². The fourth-order valence-corrected chi connectivity index (χ4v) is 1.84. The highest BCUT2D eigenvalue weighted by Gasteiger charge is 1.93. The summed E-state index contributed by atoms with van der Waals surface area (Å²) >= 11 is 0. The molecule has 0 amide bonds. The zero-order valence-corrected chi connectivity index (χ0v) is 10.9. The summed E-state index contributed by atoms with van der Waals surface area (Å²) in [5, 5.41) is 0. The summed E-state index contributed by atoms with van der Waals surface area (Å²) in [4.78, 5) is 0. The summed E-state index contributed by atoms with van der Waals surface area (Å²) < 4.78 is 5.60. The van der Waals surface area contributed by atoms with Gasteiger partial charge in [0, 0.05) is 13.2 Å². The quantitative estimate of drug-likeness (QED) is 0.544. The largest absolute Gasteiger partial charge is 0.381 e. The van der Waals surface area contributed by atoms with Gasteiger partial charge in [0.2, 0.25) is 0 Å². The molecule has 1 aromatic rings. The third-order valence-electron chi connectivity index (χ3n) is 2.89. The maximum Gasteiger partial charge on any atom is 0.0466 e. The lowest BCUT2D eigenvalue weighted by Crippen LogP contribution is -1.98. The van der Waals surface area contributed by atoms with E-state index in [1.807, 2.05) is 0 Å². The molecule has 0 bridgehead atoms. The van der Waals surface area contributed by atoms with Crippen LogP contribution in [0, 0.1) is 6.92 Å². The Bertz CT molecular complexity index is 255. The molecule has 0 aliphatic carbocycles. The van der Waals surface area contributed by atoms with E-state index in [2.05, 4.69) is 37.3 Å². The topological polar surface area (TPSA) is 9.23 Å². The first-order valence-corrected chi connectivity index (χ1v) is 6.84. The number of rotatable bonds is 10. The predicted molar refractivity (Wildman–Crippen MR) is 74.0 cm³/mol. The molecule has 0 heterocycles. The Balaban J connectivity index is 1.85. The Hall–Kier alpha value is -0.820. The van der Waals surface area contributed by atoms with Crippen LogP contribution in [0.25, 0.3) is 0 Å². The van der Waals surface area contributed by atoms with Gasteiger partial charge in [0.15, 0.2) is 0 Å². The summed E-state index contributed by atoms with van der Waals surface area (Å²) in [6, 6.07) is 10.7. The maximum absolute atomic E-state index is 5.60. The van der Waals surface area contributed by atoms with E-state index in [0.29, 0.717) is 0 Å². The number of aryl methyl sites for hydroxylation is 1. The fraction of sp³-hybridized carbons (Fsp3) is 0.562. The van der Waals surface area contributed by atoms with Gasteiger partial charge in [0.05, 0.1) is 0 Å². The van der Waals surface area contributed by atoms with Gasteiger partial charge in [0.25, 0.3) is 0 Å². The molecule has 0 saturated carbocycles. The number of unbranched alkanes of at least 4 members (excludes halogenated alkanes) is 4. The van der Waals surface area contributed by atoms with Gasteiger partial charge in [-0.1, -0.05) is 56.5 Å². The van der Waals surface area contributed by atoms with Crippen LogP contribution in [0.15, 0.2) is 30.3 Å². The number of hydrogen-bond acceptors (Lipinski definition) is 1. The third kappa shape index (κ3) is 7.98. The van der Waals surface area contributed by atoms with Crippen molar-refractivity contribution in [1.82, 2.24) is 0 Å². The fourth-order valence-electron chi connectivity index (χ4n) is 1.84. The van der Waals surface area contributed by atoms with Crippen LogP contribution in [-0.4, -0.2) is 13.2 Å². The van der Waals surface area contributed by atoms with E-state index in [0.717, 1.165) is 19.6 Å². The monoisotopic (exact) mass is 233 g/mol. The van der Waals surface area contributed by atoms with E-state index in [9.17, 15) is 0 Å². The number of ether oxygens (including phenoxy) is 1. The van der Waals surface area contributed by atoms with Crippen molar-refractivity contribution in [2.75, 3.05) is 13.2 Å². The van der Waals surface area contributed by atoms with Gasteiger partial charge in [-0.05, 0) is 31.2 Å². The third-order valence-corrected chi connectivity index (χ3v) is 2.89. The van der Waals surface area contributed by atoms with Gasteiger partial charge in [-0.2, -0.15) is 0 Å². The zero-order valence-electron chi connectivity index (χ0n) is 10.9. The summed E-state index contributed by atoms with van der Waals surface area (Å²) in [6.45, 7) is 5.67. The van der Waals surface area contributed by atoms with E-state index in [-0.39, 0.29) is 0 Å². The van der Waals surface area contributed by atoms with E-state index >= 15 is 0 Å². The molecule has 0 aliphatic heterocycles. The Morgan fingerprint density at radius 2 is 1.53 bits per heavy atom. The second-order valence-electron chi connectivity index (χ2n) is 4.47. The zero-order chi connectivity index (χ0) is 12.2. The molecule has 1 nitrogen and oxygen atoms in total. The van der Waals surface area contributed by atoms with Crippen molar-refractivity contribution in [2.45, 2.75) is 44.9 Å². The van der Waals surface area contributed by atoms with Gasteiger partial charge in [-0.3, -0.25) is 0 Å². The predicted octanol–water partition coefficient (Wildman–Crippen LogP) is 4.42. The second kappa shape index (κ2) is 10.3. The van der Waals surface area contributed by atoms with E-state index in [1.54, 1.807) is 0 Å². The Morgan fingerprint density at radius 1 is 0.824 bits per heavy atom. The molecule has 17 heavy (non-hydrogen) atoms. The van der Waals surface area contributed by atoms with Crippen LogP contribution in [0.5, 0.6) is 0 Å². The molecule has 1 rings (SSSR count). The molecular formula is C16H25O. The second-order valence-corrected chi connectivity index (χ2v) is 4.47. The standard InChI is InChI=1S/C16H25O/c1-2-3-4-9-14-17-15-10-8-13-16-11-6-5-7-12-16/h5-7,11-12H,1-4,8-10,13-15H2. The highest BCUT2D eigenvalue weighted by Crippen LogP contribution is 2.05. The smallest absolute Gasteiger partial charge is 0.0466 e. The SMILES string of the molecule is [CH2]CCCCCOCCCCc1ccccc1. The van der Waals surface area contributed by atoms with Gasteiger partial charge in [-0.15, -0.1) is 0 Å². The molecule has 0 N–H and O–H groups in total. The van der Waals surface area contributed by atoms with Crippen molar-refractivity contribution in [2.24, 2.45) is 0 Å². The average molecular weight is 233 g/mol. The molecule has 0 aliphatic rings. The molecule has 0 aromatic heterocycles. The van der Waals surface area contributed by atoms with Crippen molar-refractivity contribution in [3.8, 4) is 0 Å². The minimum Gasteiger partial charge on any atom is -0.381 e. The minimum atomic E-state index is 0.914. The van der Waals surface area contributed by atoms with E-state index in [4.69, 9.17) is 4.74 Å². The van der Waals surface area contributed by atoms with Crippen molar-refractivity contribution >= 4 is 0 Å². The molecule has 0 spiro atoms. The van der Waals surface area contributed by atoms with Gasteiger partial charge < -0.3 is 4.74 Å². The van der Waals surface area contributed by atoms with Crippen molar-refractivity contribution < 1.29 is 4.74 Å². The van der Waals surface area contributed by atoms with Gasteiger partial charge in [0.1, 0.15) is 0 Å². The van der Waals surface area contributed by atoms with Crippen molar-refractivity contribution in [3.63, 3.8) is 0 Å². The number of benzene rings is 1. The molecule has 0 fully saturated rings. The molecule has 0 unspecified atom stereocenters. The molecular weight excluding hydrogens is 208 g/mol. The molecule has 1 aromatic carbocycles. The van der Waals surface area contributed by atoms with Crippen LogP contribution in [0.1, 0.15) is 44.1 Å². The molecule has 0 saturated heterocycles. The maximum atomic E-state index is 5.60. The molecule has 1 radical (unpaired) electrons. The first-order valence-electron chi connectivity index (χ1n) is 6.84. The van der Waals surface area contributed by atoms with Crippen LogP contribution in [0.3, 0.4) is 0 Å². The van der Waals surface area contributed by atoms with Crippen molar-refractivity contribution in [3.05, 3.63) is 42.8 Å². The lowest BCUT2D eigenvalue weighted by Gasteiger charge is -2.04. The lowest BCUT2D eigenvalue weighted by atomic mass is 10.1. The van der Waals surface area contributed by atoms with E-state index in [1.165, 1.54) is 44.1 Å². The molecule has 0 atom stereocenters. The average Bonchev–Trinajstić information content (AvgIpc) is 2.38. The van der Waals surface area contributed by atoms with Crippen LogP contribution in [-0.2, 0) is 11.2 Å².